The molecule has 0 aliphatic carbocycles. The molecule has 0 bridgehead atoms. The molecule has 0 fully saturated rings. The lowest BCUT2D eigenvalue weighted by atomic mass is 10.3. The third-order valence-corrected chi connectivity index (χ3v) is 0.535. The first-order valence-corrected chi connectivity index (χ1v) is 2.16. The van der Waals surface area contributed by atoms with E-state index in [9.17, 15) is 9.59 Å². The van der Waals surface area contributed by atoms with Gasteiger partial charge in [0.25, 0.3) is 6.47 Å². The topological polar surface area (TPSA) is 43.4 Å². The van der Waals surface area contributed by atoms with Gasteiger partial charge >= 0.3 is 0 Å². The summed E-state index contributed by atoms with van der Waals surface area (Å²) in [5, 5.41) is 0. The first-order chi connectivity index (χ1) is 3.77. The van der Waals surface area contributed by atoms with Gasteiger partial charge in [0.1, 0.15) is 12.4 Å². The van der Waals surface area contributed by atoms with E-state index in [-0.39, 0.29) is 12.4 Å². The van der Waals surface area contributed by atoms with Crippen molar-refractivity contribution >= 4 is 12.3 Å². The standard InChI is InChI=1S/C5H7O3/c1-5(7)2-3-8-4-6/h2,4H,3H2,1H3. The van der Waals surface area contributed by atoms with E-state index in [1.54, 1.807) is 0 Å². The van der Waals surface area contributed by atoms with Crippen LogP contribution in [0.3, 0.4) is 0 Å². The minimum atomic E-state index is -0.0909. The van der Waals surface area contributed by atoms with E-state index in [0.29, 0.717) is 6.47 Å². The minimum absolute atomic E-state index is 0.0822. The van der Waals surface area contributed by atoms with Gasteiger partial charge < -0.3 is 4.74 Å². The van der Waals surface area contributed by atoms with Gasteiger partial charge in [0.05, 0.1) is 6.42 Å². The van der Waals surface area contributed by atoms with Gasteiger partial charge in [-0.25, -0.2) is 0 Å². The molecular formula is C5H7O3. The van der Waals surface area contributed by atoms with Crippen LogP contribution in [-0.2, 0) is 14.3 Å². The second kappa shape index (κ2) is 4.30. The number of rotatable bonds is 4. The van der Waals surface area contributed by atoms with Crippen molar-refractivity contribution in [2.75, 3.05) is 6.61 Å². The molecule has 0 amide bonds. The number of hydrogen-bond donors (Lipinski definition) is 0. The van der Waals surface area contributed by atoms with E-state index in [1.807, 2.05) is 0 Å². The van der Waals surface area contributed by atoms with Crippen molar-refractivity contribution in [1.29, 1.82) is 0 Å². The van der Waals surface area contributed by atoms with Crippen LogP contribution in [0.2, 0.25) is 0 Å². The molecule has 0 heterocycles. The third-order valence-electron chi connectivity index (χ3n) is 0.535. The summed E-state index contributed by atoms with van der Waals surface area (Å²) in [7, 11) is 0. The Hall–Kier alpha value is -0.860. The summed E-state index contributed by atoms with van der Waals surface area (Å²) in [5.41, 5.74) is 0. The van der Waals surface area contributed by atoms with Crippen molar-refractivity contribution in [2.45, 2.75) is 6.92 Å². The van der Waals surface area contributed by atoms with Gasteiger partial charge in [-0.1, -0.05) is 0 Å². The molecule has 0 saturated heterocycles. The van der Waals surface area contributed by atoms with Crippen LogP contribution in [-0.4, -0.2) is 18.9 Å². The molecule has 0 aromatic heterocycles. The van der Waals surface area contributed by atoms with Crippen LogP contribution in [0.5, 0.6) is 0 Å². The number of carbonyl (C=O) groups is 2. The molecular weight excluding hydrogens is 108 g/mol. The Morgan fingerprint density at radius 3 is 2.75 bits per heavy atom. The Morgan fingerprint density at radius 1 is 1.75 bits per heavy atom. The van der Waals surface area contributed by atoms with Gasteiger partial charge in [-0.05, 0) is 6.92 Å². The van der Waals surface area contributed by atoms with Crippen LogP contribution in [0.4, 0.5) is 0 Å². The number of ether oxygens (including phenoxy) is 1. The maximum atomic E-state index is 10.1. The van der Waals surface area contributed by atoms with Crippen molar-refractivity contribution in [3.8, 4) is 0 Å². The molecule has 0 saturated carbocycles. The summed E-state index contributed by atoms with van der Waals surface area (Å²) >= 11 is 0. The average Bonchev–Trinajstić information content (AvgIpc) is 1.66. The monoisotopic (exact) mass is 115 g/mol. The molecule has 0 N–H and O–H groups in total. The molecule has 0 spiro atoms. The summed E-state index contributed by atoms with van der Waals surface area (Å²) in [4.78, 5) is 19.5. The second-order valence-electron chi connectivity index (χ2n) is 1.24. The predicted molar refractivity (Wildman–Crippen MR) is 27.0 cm³/mol. The van der Waals surface area contributed by atoms with E-state index in [2.05, 4.69) is 4.74 Å². The van der Waals surface area contributed by atoms with Crippen LogP contribution >= 0.6 is 0 Å². The first-order valence-electron chi connectivity index (χ1n) is 2.16. The molecule has 3 nitrogen and oxygen atoms in total. The second-order valence-corrected chi connectivity index (χ2v) is 1.24. The fourth-order valence-corrected chi connectivity index (χ4v) is 0.205. The highest BCUT2D eigenvalue weighted by Crippen LogP contribution is 1.77. The summed E-state index contributed by atoms with van der Waals surface area (Å²) in [5.74, 6) is -0.0909. The van der Waals surface area contributed by atoms with Gasteiger partial charge in [-0.2, -0.15) is 0 Å². The highest BCUT2D eigenvalue weighted by Gasteiger charge is 1.90. The molecule has 0 aliphatic heterocycles. The fourth-order valence-electron chi connectivity index (χ4n) is 0.205. The molecule has 8 heavy (non-hydrogen) atoms. The normalized spacial score (nSPS) is 8.12. The van der Waals surface area contributed by atoms with Crippen molar-refractivity contribution in [1.82, 2.24) is 0 Å². The Kier molecular flexibility index (Phi) is 3.84. The van der Waals surface area contributed by atoms with Crippen LogP contribution in [0, 0.1) is 6.42 Å². The van der Waals surface area contributed by atoms with Crippen LogP contribution in [0.1, 0.15) is 6.92 Å². The molecule has 1 radical (unpaired) electrons. The zero-order valence-electron chi connectivity index (χ0n) is 4.59. The van der Waals surface area contributed by atoms with Gasteiger partial charge in [0, 0.05) is 0 Å². The van der Waals surface area contributed by atoms with E-state index in [0.717, 1.165) is 0 Å². The van der Waals surface area contributed by atoms with E-state index in [4.69, 9.17) is 0 Å². The quantitative estimate of drug-likeness (QED) is 0.381. The Labute approximate surface area is 47.6 Å². The Morgan fingerprint density at radius 2 is 2.38 bits per heavy atom. The van der Waals surface area contributed by atoms with E-state index < -0.39 is 0 Å². The highest BCUT2D eigenvalue weighted by molar-refractivity contribution is 5.84. The number of hydrogen-bond acceptors (Lipinski definition) is 3. The molecule has 3 heteroatoms. The van der Waals surface area contributed by atoms with Gasteiger partial charge in [-0.3, -0.25) is 9.59 Å². The highest BCUT2D eigenvalue weighted by atomic mass is 16.5. The summed E-state index contributed by atoms with van der Waals surface area (Å²) in [6.07, 6.45) is 1.29. The third kappa shape index (κ3) is 5.14. The lowest BCUT2D eigenvalue weighted by Crippen LogP contribution is -1.99. The first kappa shape index (κ1) is 7.14. The van der Waals surface area contributed by atoms with Gasteiger partial charge in [0.15, 0.2) is 0 Å². The van der Waals surface area contributed by atoms with Crippen LogP contribution in [0.15, 0.2) is 0 Å². The molecule has 0 aliphatic rings. The molecule has 0 aromatic rings. The lowest BCUT2D eigenvalue weighted by Gasteiger charge is -1.90. The van der Waals surface area contributed by atoms with Crippen molar-refractivity contribution in [3.63, 3.8) is 0 Å². The van der Waals surface area contributed by atoms with Crippen LogP contribution in [0.25, 0.3) is 0 Å². The minimum Gasteiger partial charge on any atom is -0.467 e. The van der Waals surface area contributed by atoms with Crippen LogP contribution < -0.4 is 0 Å². The van der Waals surface area contributed by atoms with Gasteiger partial charge in [-0.15, -0.1) is 0 Å². The molecule has 0 aromatic carbocycles. The zero-order chi connectivity index (χ0) is 6.41. The number of ketones is 1. The molecule has 0 unspecified atom stereocenters. The van der Waals surface area contributed by atoms with Crippen molar-refractivity contribution in [2.24, 2.45) is 0 Å². The van der Waals surface area contributed by atoms with Gasteiger partial charge in [0.2, 0.25) is 0 Å². The van der Waals surface area contributed by atoms with Crippen molar-refractivity contribution < 1.29 is 14.3 Å². The van der Waals surface area contributed by atoms with E-state index in [1.165, 1.54) is 13.3 Å². The summed E-state index contributed by atoms with van der Waals surface area (Å²) in [6.45, 7) is 1.78. The molecule has 45 valence electrons. The zero-order valence-corrected chi connectivity index (χ0v) is 4.59. The largest absolute Gasteiger partial charge is 0.467 e. The predicted octanol–water partition coefficient (Wildman–Crippen LogP) is -0.0473. The fraction of sp³-hybridized carbons (Fsp3) is 0.400. The lowest BCUT2D eigenvalue weighted by molar-refractivity contribution is -0.128. The Balaban J connectivity index is 2.93. The maximum Gasteiger partial charge on any atom is 0.293 e. The SMILES string of the molecule is CC(=O)[CH]COC=O. The smallest absolute Gasteiger partial charge is 0.293 e. The maximum absolute atomic E-state index is 10.1. The molecule has 0 rings (SSSR count). The number of Topliss-reactive ketones (excluding diaryl/α,β-unsaturated/α-hetero) is 1. The average molecular weight is 115 g/mol. The summed E-state index contributed by atoms with van der Waals surface area (Å²) in [6, 6.07) is 0. The van der Waals surface area contributed by atoms with E-state index >= 15 is 0 Å². The Bertz CT molecular complexity index is 87.7. The van der Waals surface area contributed by atoms with Crippen molar-refractivity contribution in [3.05, 3.63) is 6.42 Å². The number of carbonyl (C=O) groups excluding carboxylic acids is 2. The molecule has 0 atom stereocenters. The summed E-state index contributed by atoms with van der Waals surface area (Å²) < 4.78 is 4.19.